The van der Waals surface area contributed by atoms with Crippen molar-refractivity contribution in [1.82, 2.24) is 9.88 Å². The minimum Gasteiger partial charge on any atom is -0.348 e. The Morgan fingerprint density at radius 3 is 2.50 bits per heavy atom. The van der Waals surface area contributed by atoms with Crippen LogP contribution in [0.4, 0.5) is 0 Å². The first-order valence-corrected chi connectivity index (χ1v) is 8.73. The molecule has 0 aliphatic carbocycles. The summed E-state index contributed by atoms with van der Waals surface area (Å²) in [6, 6.07) is 1.91. The average molecular weight is 298 g/mol. The number of hydrogen-bond donors (Lipinski definition) is 1. The summed E-state index contributed by atoms with van der Waals surface area (Å²) in [5, 5.41) is 2.84. The largest absolute Gasteiger partial charge is 0.348 e. The van der Waals surface area contributed by atoms with E-state index in [9.17, 15) is 13.2 Å². The van der Waals surface area contributed by atoms with Crippen molar-refractivity contribution in [2.75, 3.05) is 11.5 Å². The normalized spacial score (nSPS) is 21.4. The summed E-state index contributed by atoms with van der Waals surface area (Å²) in [5.74, 6) is 0.0528. The third-order valence-electron chi connectivity index (χ3n) is 3.81. The topological polar surface area (TPSA) is 68.2 Å². The lowest BCUT2D eigenvalue weighted by Gasteiger charge is -2.14. The highest BCUT2D eigenvalue weighted by molar-refractivity contribution is 7.91. The number of aromatic nitrogens is 1. The molecule has 1 aliphatic rings. The van der Waals surface area contributed by atoms with Crippen LogP contribution in [-0.4, -0.2) is 36.4 Å². The maximum Gasteiger partial charge on any atom is 0.253 e. The molecule has 1 aromatic heterocycles. The lowest BCUT2D eigenvalue weighted by molar-refractivity contribution is 0.0940. The van der Waals surface area contributed by atoms with Crippen LogP contribution in [0.2, 0.25) is 0 Å². The van der Waals surface area contributed by atoms with Gasteiger partial charge in [-0.05, 0) is 40.2 Å². The summed E-state index contributed by atoms with van der Waals surface area (Å²) in [5.41, 5.74) is 2.61. The summed E-state index contributed by atoms with van der Waals surface area (Å²) in [4.78, 5) is 12.3. The standard InChI is InChI=1S/C14H22N2O3S/c1-9(2)16-10(3)7-13(11(16)4)14(17)15-12-5-6-20(18,19)8-12/h7,9,12H,5-6,8H2,1-4H3,(H,15,17)/t12-/m0/s1. The van der Waals surface area contributed by atoms with E-state index in [2.05, 4.69) is 23.7 Å². The second kappa shape index (κ2) is 5.24. The molecule has 1 saturated heterocycles. The number of carbonyl (C=O) groups excluding carboxylic acids is 1. The molecule has 20 heavy (non-hydrogen) atoms. The van der Waals surface area contributed by atoms with Crippen LogP contribution in [0.3, 0.4) is 0 Å². The molecule has 1 aliphatic heterocycles. The molecule has 1 atom stereocenters. The molecule has 0 bridgehead atoms. The number of amides is 1. The highest BCUT2D eigenvalue weighted by atomic mass is 32.2. The van der Waals surface area contributed by atoms with E-state index in [4.69, 9.17) is 0 Å². The number of rotatable bonds is 3. The minimum atomic E-state index is -2.97. The van der Waals surface area contributed by atoms with Gasteiger partial charge in [-0.15, -0.1) is 0 Å². The van der Waals surface area contributed by atoms with E-state index >= 15 is 0 Å². The van der Waals surface area contributed by atoms with Crippen LogP contribution in [-0.2, 0) is 9.84 Å². The van der Waals surface area contributed by atoms with E-state index < -0.39 is 9.84 Å². The first-order chi connectivity index (χ1) is 9.21. The number of sulfone groups is 1. The molecule has 1 amide bonds. The van der Waals surface area contributed by atoms with Crippen molar-refractivity contribution in [2.45, 2.75) is 46.2 Å². The first kappa shape index (κ1) is 15.1. The van der Waals surface area contributed by atoms with Crippen LogP contribution in [0.25, 0.3) is 0 Å². The smallest absolute Gasteiger partial charge is 0.253 e. The Kier molecular flexibility index (Phi) is 3.95. The zero-order valence-electron chi connectivity index (χ0n) is 12.4. The maximum atomic E-state index is 12.3. The van der Waals surface area contributed by atoms with Gasteiger partial charge >= 0.3 is 0 Å². The van der Waals surface area contributed by atoms with E-state index in [1.54, 1.807) is 0 Å². The molecular weight excluding hydrogens is 276 g/mol. The average Bonchev–Trinajstić information content (AvgIpc) is 2.78. The van der Waals surface area contributed by atoms with Crippen molar-refractivity contribution in [1.29, 1.82) is 0 Å². The molecule has 2 heterocycles. The summed E-state index contributed by atoms with van der Waals surface area (Å²) < 4.78 is 24.9. The van der Waals surface area contributed by atoms with Gasteiger partial charge in [-0.25, -0.2) is 8.42 Å². The van der Waals surface area contributed by atoms with Gasteiger partial charge in [0, 0.05) is 23.5 Å². The third kappa shape index (κ3) is 2.90. The van der Waals surface area contributed by atoms with Crippen LogP contribution < -0.4 is 5.32 Å². The highest BCUT2D eigenvalue weighted by Gasteiger charge is 2.30. The molecule has 5 nitrogen and oxygen atoms in total. The van der Waals surface area contributed by atoms with Crippen LogP contribution >= 0.6 is 0 Å². The van der Waals surface area contributed by atoms with Crippen molar-refractivity contribution in [3.63, 3.8) is 0 Å². The van der Waals surface area contributed by atoms with Gasteiger partial charge in [0.2, 0.25) is 0 Å². The monoisotopic (exact) mass is 298 g/mol. The van der Waals surface area contributed by atoms with E-state index in [1.807, 2.05) is 19.9 Å². The van der Waals surface area contributed by atoms with Crippen LogP contribution in [0.1, 0.15) is 48.1 Å². The van der Waals surface area contributed by atoms with Crippen molar-refractivity contribution < 1.29 is 13.2 Å². The maximum absolute atomic E-state index is 12.3. The Morgan fingerprint density at radius 2 is 2.05 bits per heavy atom. The number of aryl methyl sites for hydroxylation is 1. The van der Waals surface area contributed by atoms with Crippen molar-refractivity contribution in [3.8, 4) is 0 Å². The summed E-state index contributed by atoms with van der Waals surface area (Å²) in [7, 11) is -2.97. The van der Waals surface area contributed by atoms with E-state index in [0.29, 0.717) is 18.0 Å². The molecule has 0 spiro atoms. The number of hydrogen-bond acceptors (Lipinski definition) is 3. The quantitative estimate of drug-likeness (QED) is 0.921. The predicted octanol–water partition coefficient (Wildman–Crippen LogP) is 1.60. The van der Waals surface area contributed by atoms with Crippen LogP contribution in [0.15, 0.2) is 6.07 Å². The van der Waals surface area contributed by atoms with Gasteiger partial charge in [0.05, 0.1) is 17.1 Å². The van der Waals surface area contributed by atoms with Crippen LogP contribution in [0.5, 0.6) is 0 Å². The van der Waals surface area contributed by atoms with Crippen molar-refractivity contribution in [3.05, 3.63) is 23.0 Å². The Bertz CT molecular complexity index is 629. The molecule has 0 aromatic carbocycles. The van der Waals surface area contributed by atoms with Gasteiger partial charge in [0.15, 0.2) is 9.84 Å². The lowest BCUT2D eigenvalue weighted by Crippen LogP contribution is -2.35. The Labute approximate surface area is 120 Å². The van der Waals surface area contributed by atoms with Gasteiger partial charge in [0.1, 0.15) is 0 Å². The molecular formula is C14H22N2O3S. The Morgan fingerprint density at radius 1 is 1.40 bits per heavy atom. The molecule has 1 aromatic rings. The number of nitrogens with zero attached hydrogens (tertiary/aromatic N) is 1. The third-order valence-corrected chi connectivity index (χ3v) is 5.58. The summed E-state index contributed by atoms with van der Waals surface area (Å²) in [6.45, 7) is 8.05. The molecule has 1 fully saturated rings. The molecule has 2 rings (SSSR count). The van der Waals surface area contributed by atoms with E-state index in [0.717, 1.165) is 11.4 Å². The molecule has 112 valence electrons. The zero-order chi connectivity index (χ0) is 15.1. The molecule has 1 N–H and O–H groups in total. The first-order valence-electron chi connectivity index (χ1n) is 6.91. The highest BCUT2D eigenvalue weighted by Crippen LogP contribution is 2.21. The fourth-order valence-electron chi connectivity index (χ4n) is 2.97. The fourth-order valence-corrected chi connectivity index (χ4v) is 4.65. The minimum absolute atomic E-state index is 0.0572. The lowest BCUT2D eigenvalue weighted by atomic mass is 10.2. The SMILES string of the molecule is Cc1cc(C(=O)N[C@H]2CCS(=O)(=O)C2)c(C)n1C(C)C. The second-order valence-electron chi connectivity index (χ2n) is 5.82. The van der Waals surface area contributed by atoms with Gasteiger partial charge in [-0.3, -0.25) is 4.79 Å². The molecule has 0 radical (unpaired) electrons. The fraction of sp³-hybridized carbons (Fsp3) is 0.643. The number of nitrogens with one attached hydrogen (secondary N) is 1. The van der Waals surface area contributed by atoms with Crippen molar-refractivity contribution >= 4 is 15.7 Å². The number of carbonyl (C=O) groups is 1. The molecule has 0 unspecified atom stereocenters. The van der Waals surface area contributed by atoms with E-state index in [-0.39, 0.29) is 23.5 Å². The summed E-state index contributed by atoms with van der Waals surface area (Å²) in [6.07, 6.45) is 0.511. The molecule has 0 saturated carbocycles. The zero-order valence-corrected chi connectivity index (χ0v) is 13.3. The second-order valence-corrected chi connectivity index (χ2v) is 8.05. The van der Waals surface area contributed by atoms with Gasteiger partial charge in [0.25, 0.3) is 5.91 Å². The van der Waals surface area contributed by atoms with Crippen LogP contribution in [0, 0.1) is 13.8 Å². The Hall–Kier alpha value is -1.30. The van der Waals surface area contributed by atoms with Crippen molar-refractivity contribution in [2.24, 2.45) is 0 Å². The predicted molar refractivity (Wildman–Crippen MR) is 78.8 cm³/mol. The van der Waals surface area contributed by atoms with Gasteiger partial charge < -0.3 is 9.88 Å². The molecule has 6 heteroatoms. The van der Waals surface area contributed by atoms with Gasteiger partial charge in [-0.2, -0.15) is 0 Å². The Balaban J connectivity index is 2.17. The van der Waals surface area contributed by atoms with Gasteiger partial charge in [-0.1, -0.05) is 0 Å². The summed E-state index contributed by atoms with van der Waals surface area (Å²) >= 11 is 0. The van der Waals surface area contributed by atoms with E-state index in [1.165, 1.54) is 0 Å².